The van der Waals surface area contributed by atoms with Crippen LogP contribution in [0.25, 0.3) is 11.3 Å². The average molecular weight is 388 g/mol. The molecule has 0 atom stereocenters. The highest BCUT2D eigenvalue weighted by molar-refractivity contribution is 6.42. The quantitative estimate of drug-likeness (QED) is 0.592. The number of rotatable bonds is 4. The van der Waals surface area contributed by atoms with Gasteiger partial charge in [-0.2, -0.15) is 4.98 Å². The third-order valence-corrected chi connectivity index (χ3v) is 4.10. The fourth-order valence-corrected chi connectivity index (χ4v) is 2.58. The van der Waals surface area contributed by atoms with Crippen LogP contribution in [0, 0.1) is 0 Å². The average Bonchev–Trinajstić information content (AvgIpc) is 2.57. The van der Waals surface area contributed by atoms with Crippen LogP contribution < -0.4 is 10.6 Å². The highest BCUT2D eigenvalue weighted by Crippen LogP contribution is 2.28. The Morgan fingerprint density at radius 3 is 2.42 bits per heavy atom. The van der Waals surface area contributed by atoms with E-state index in [-0.39, 0.29) is 5.54 Å². The van der Waals surface area contributed by atoms with Crippen molar-refractivity contribution in [1.82, 2.24) is 15.0 Å². The molecule has 2 heterocycles. The van der Waals surface area contributed by atoms with Gasteiger partial charge in [0.15, 0.2) is 0 Å². The first kappa shape index (κ1) is 18.4. The van der Waals surface area contributed by atoms with Crippen LogP contribution in [0.15, 0.2) is 48.8 Å². The summed E-state index contributed by atoms with van der Waals surface area (Å²) >= 11 is 12.1. The Hall–Kier alpha value is -2.37. The van der Waals surface area contributed by atoms with E-state index in [0.717, 1.165) is 16.9 Å². The summed E-state index contributed by atoms with van der Waals surface area (Å²) in [6.07, 6.45) is 3.50. The van der Waals surface area contributed by atoms with Gasteiger partial charge < -0.3 is 10.6 Å². The number of benzene rings is 1. The monoisotopic (exact) mass is 387 g/mol. The lowest BCUT2D eigenvalue weighted by atomic mass is 10.1. The largest absolute Gasteiger partial charge is 0.350 e. The van der Waals surface area contributed by atoms with Crippen molar-refractivity contribution in [2.75, 3.05) is 10.6 Å². The number of aromatic nitrogens is 3. The Balaban J connectivity index is 2.00. The van der Waals surface area contributed by atoms with Gasteiger partial charge in [-0.1, -0.05) is 23.2 Å². The molecule has 0 saturated carbocycles. The molecule has 0 aliphatic rings. The topological polar surface area (TPSA) is 62.7 Å². The molecule has 26 heavy (non-hydrogen) atoms. The minimum Gasteiger partial charge on any atom is -0.350 e. The maximum absolute atomic E-state index is 6.10. The van der Waals surface area contributed by atoms with Gasteiger partial charge in [0.05, 0.1) is 15.7 Å². The molecule has 5 nitrogen and oxygen atoms in total. The van der Waals surface area contributed by atoms with Crippen molar-refractivity contribution in [2.24, 2.45) is 0 Å². The lowest BCUT2D eigenvalue weighted by Crippen LogP contribution is -2.27. The predicted molar refractivity (Wildman–Crippen MR) is 108 cm³/mol. The van der Waals surface area contributed by atoms with Crippen molar-refractivity contribution in [2.45, 2.75) is 26.3 Å². The molecule has 1 aromatic carbocycles. The first-order valence-corrected chi connectivity index (χ1v) is 8.85. The van der Waals surface area contributed by atoms with Crippen molar-refractivity contribution in [3.8, 4) is 11.3 Å². The lowest BCUT2D eigenvalue weighted by molar-refractivity contribution is 0.626. The normalized spacial score (nSPS) is 11.3. The van der Waals surface area contributed by atoms with Crippen molar-refractivity contribution < 1.29 is 0 Å². The summed E-state index contributed by atoms with van der Waals surface area (Å²) in [5.41, 5.74) is 2.29. The van der Waals surface area contributed by atoms with Gasteiger partial charge in [0.2, 0.25) is 5.95 Å². The first-order valence-electron chi connectivity index (χ1n) is 8.10. The Morgan fingerprint density at radius 2 is 1.77 bits per heavy atom. The summed E-state index contributed by atoms with van der Waals surface area (Å²) in [4.78, 5) is 13.3. The van der Waals surface area contributed by atoms with Crippen molar-refractivity contribution in [3.63, 3.8) is 0 Å². The third kappa shape index (κ3) is 4.84. The standard InChI is InChI=1S/C19H19Cl2N5/c1-19(2,3)26-18-24-16(12-5-4-8-22-11-12)10-17(25-18)23-13-6-7-14(20)15(21)9-13/h4-11H,1-3H3,(H2,23,24,25,26). The molecule has 0 fully saturated rings. The SMILES string of the molecule is CC(C)(C)Nc1nc(Nc2ccc(Cl)c(Cl)c2)cc(-c2cccnc2)n1. The summed E-state index contributed by atoms with van der Waals surface area (Å²) in [6, 6.07) is 11.0. The van der Waals surface area contributed by atoms with Gasteiger partial charge in [0, 0.05) is 35.2 Å². The Labute approximate surface area is 162 Å². The molecule has 0 unspecified atom stereocenters. The van der Waals surface area contributed by atoms with E-state index < -0.39 is 0 Å². The zero-order chi connectivity index (χ0) is 18.7. The van der Waals surface area contributed by atoms with Gasteiger partial charge in [0.25, 0.3) is 0 Å². The lowest BCUT2D eigenvalue weighted by Gasteiger charge is -2.21. The summed E-state index contributed by atoms with van der Waals surface area (Å²) in [5, 5.41) is 7.55. The van der Waals surface area contributed by atoms with Gasteiger partial charge in [0.1, 0.15) is 5.82 Å². The number of hydrogen-bond acceptors (Lipinski definition) is 5. The number of halogens is 2. The Morgan fingerprint density at radius 1 is 0.962 bits per heavy atom. The molecular weight excluding hydrogens is 369 g/mol. The summed E-state index contributed by atoms with van der Waals surface area (Å²) in [7, 11) is 0. The summed E-state index contributed by atoms with van der Waals surface area (Å²) in [6.45, 7) is 6.16. The highest BCUT2D eigenvalue weighted by atomic mass is 35.5. The van der Waals surface area contributed by atoms with E-state index in [4.69, 9.17) is 23.2 Å². The second kappa shape index (κ2) is 7.48. The van der Waals surface area contributed by atoms with Gasteiger partial charge in [-0.15, -0.1) is 0 Å². The molecule has 0 bridgehead atoms. The number of nitrogens with one attached hydrogen (secondary N) is 2. The van der Waals surface area contributed by atoms with Crippen LogP contribution in [-0.4, -0.2) is 20.5 Å². The second-order valence-electron chi connectivity index (χ2n) is 6.83. The molecule has 0 saturated heterocycles. The Kier molecular flexibility index (Phi) is 5.30. The molecule has 2 N–H and O–H groups in total. The van der Waals surface area contributed by atoms with Crippen molar-refractivity contribution >= 4 is 40.7 Å². The van der Waals surface area contributed by atoms with Gasteiger partial charge in [-0.3, -0.25) is 4.98 Å². The predicted octanol–water partition coefficient (Wildman–Crippen LogP) is 5.80. The minimum atomic E-state index is -0.172. The number of anilines is 3. The molecule has 2 aromatic heterocycles. The number of pyridine rings is 1. The minimum absolute atomic E-state index is 0.172. The van der Waals surface area contributed by atoms with Crippen LogP contribution in [-0.2, 0) is 0 Å². The first-order chi connectivity index (χ1) is 12.3. The van der Waals surface area contributed by atoms with Crippen LogP contribution in [0.2, 0.25) is 10.0 Å². The molecule has 0 radical (unpaired) electrons. The molecule has 0 aliphatic heterocycles. The van der Waals surface area contributed by atoms with E-state index >= 15 is 0 Å². The number of hydrogen-bond donors (Lipinski definition) is 2. The Bertz CT molecular complexity index is 908. The smallest absolute Gasteiger partial charge is 0.225 e. The summed E-state index contributed by atoms with van der Waals surface area (Å²) in [5.74, 6) is 1.17. The van der Waals surface area contributed by atoms with E-state index in [9.17, 15) is 0 Å². The zero-order valence-corrected chi connectivity index (χ0v) is 16.2. The van der Waals surface area contributed by atoms with Crippen molar-refractivity contribution in [1.29, 1.82) is 0 Å². The van der Waals surface area contributed by atoms with Gasteiger partial charge >= 0.3 is 0 Å². The highest BCUT2D eigenvalue weighted by Gasteiger charge is 2.14. The van der Waals surface area contributed by atoms with Crippen LogP contribution >= 0.6 is 23.2 Å². The van der Waals surface area contributed by atoms with Crippen LogP contribution in [0.3, 0.4) is 0 Å². The maximum atomic E-state index is 6.10. The zero-order valence-electron chi connectivity index (χ0n) is 14.7. The molecule has 0 aliphatic carbocycles. The second-order valence-corrected chi connectivity index (χ2v) is 7.65. The molecule has 3 rings (SSSR count). The van der Waals surface area contributed by atoms with Crippen LogP contribution in [0.4, 0.5) is 17.5 Å². The molecule has 0 amide bonds. The van der Waals surface area contributed by atoms with Crippen LogP contribution in [0.1, 0.15) is 20.8 Å². The van der Waals surface area contributed by atoms with E-state index in [1.54, 1.807) is 24.5 Å². The van der Waals surface area contributed by atoms with E-state index in [2.05, 4.69) is 46.4 Å². The molecule has 3 aromatic rings. The summed E-state index contributed by atoms with van der Waals surface area (Å²) < 4.78 is 0. The van der Waals surface area contributed by atoms with Gasteiger partial charge in [-0.25, -0.2) is 4.98 Å². The van der Waals surface area contributed by atoms with E-state index in [0.29, 0.717) is 21.8 Å². The number of nitrogens with zero attached hydrogens (tertiary/aromatic N) is 3. The van der Waals surface area contributed by atoms with Crippen LogP contribution in [0.5, 0.6) is 0 Å². The van der Waals surface area contributed by atoms with E-state index in [1.165, 1.54) is 0 Å². The van der Waals surface area contributed by atoms with E-state index in [1.807, 2.05) is 24.3 Å². The molecule has 7 heteroatoms. The van der Waals surface area contributed by atoms with Crippen molar-refractivity contribution in [3.05, 3.63) is 58.8 Å². The maximum Gasteiger partial charge on any atom is 0.225 e. The molecule has 0 spiro atoms. The fourth-order valence-electron chi connectivity index (χ4n) is 2.29. The third-order valence-electron chi connectivity index (χ3n) is 3.36. The fraction of sp³-hybridized carbons (Fsp3) is 0.211. The molecule has 134 valence electrons. The van der Waals surface area contributed by atoms with Gasteiger partial charge in [-0.05, 0) is 51.1 Å². The molecular formula is C19H19Cl2N5.